The number of rotatable bonds is 5. The lowest BCUT2D eigenvalue weighted by Gasteiger charge is -2.24. The molecule has 2 nitrogen and oxygen atoms in total. The minimum atomic E-state index is 0.689. The number of nitrogens with one attached hydrogen (secondary N) is 1. The molecule has 0 aromatic heterocycles. The zero-order chi connectivity index (χ0) is 13.0. The molecule has 1 heterocycles. The van der Waals surface area contributed by atoms with Gasteiger partial charge in [0.15, 0.2) is 0 Å². The van der Waals surface area contributed by atoms with E-state index in [1.54, 1.807) is 0 Å². The summed E-state index contributed by atoms with van der Waals surface area (Å²) in [5.41, 5.74) is 2.70. The SMILES string of the molecule is CCN(Cc1ccc(C)cc1Br)CC1CCCN1. The quantitative estimate of drug-likeness (QED) is 0.897. The monoisotopic (exact) mass is 310 g/mol. The summed E-state index contributed by atoms with van der Waals surface area (Å²) in [4.78, 5) is 2.53. The zero-order valence-corrected chi connectivity index (χ0v) is 13.0. The van der Waals surface area contributed by atoms with Crippen LogP contribution in [0.5, 0.6) is 0 Å². The van der Waals surface area contributed by atoms with Gasteiger partial charge < -0.3 is 5.32 Å². The van der Waals surface area contributed by atoms with E-state index in [0.717, 1.165) is 19.6 Å². The average Bonchev–Trinajstić information content (AvgIpc) is 2.84. The minimum absolute atomic E-state index is 0.689. The molecule has 1 atom stereocenters. The van der Waals surface area contributed by atoms with Crippen LogP contribution in [0.1, 0.15) is 30.9 Å². The van der Waals surface area contributed by atoms with Crippen LogP contribution >= 0.6 is 15.9 Å². The van der Waals surface area contributed by atoms with Gasteiger partial charge in [-0.3, -0.25) is 4.90 Å². The van der Waals surface area contributed by atoms with Crippen molar-refractivity contribution in [1.29, 1.82) is 0 Å². The third-order valence-corrected chi connectivity index (χ3v) is 4.43. The van der Waals surface area contributed by atoms with Crippen molar-refractivity contribution in [2.75, 3.05) is 19.6 Å². The molecular formula is C15H23BrN2. The van der Waals surface area contributed by atoms with Gasteiger partial charge in [0.25, 0.3) is 0 Å². The van der Waals surface area contributed by atoms with Gasteiger partial charge in [0, 0.05) is 23.6 Å². The Hall–Kier alpha value is -0.380. The molecule has 1 unspecified atom stereocenters. The summed E-state index contributed by atoms with van der Waals surface area (Å²) in [6, 6.07) is 7.33. The molecule has 1 aliphatic heterocycles. The Bertz CT molecular complexity index is 386. The highest BCUT2D eigenvalue weighted by Crippen LogP contribution is 2.20. The number of hydrogen-bond acceptors (Lipinski definition) is 2. The molecule has 0 saturated carbocycles. The van der Waals surface area contributed by atoms with Gasteiger partial charge in [0.2, 0.25) is 0 Å². The van der Waals surface area contributed by atoms with Crippen LogP contribution < -0.4 is 5.32 Å². The van der Waals surface area contributed by atoms with Crippen molar-refractivity contribution in [1.82, 2.24) is 10.2 Å². The smallest absolute Gasteiger partial charge is 0.0245 e. The molecule has 100 valence electrons. The van der Waals surface area contributed by atoms with Crippen LogP contribution in [0.4, 0.5) is 0 Å². The number of benzene rings is 1. The zero-order valence-electron chi connectivity index (χ0n) is 11.4. The highest BCUT2D eigenvalue weighted by Gasteiger charge is 2.17. The second-order valence-corrected chi connectivity index (χ2v) is 6.07. The lowest BCUT2D eigenvalue weighted by molar-refractivity contribution is 0.253. The van der Waals surface area contributed by atoms with Gasteiger partial charge in [-0.2, -0.15) is 0 Å². The Morgan fingerprint density at radius 2 is 2.28 bits per heavy atom. The van der Waals surface area contributed by atoms with Crippen LogP contribution in [0, 0.1) is 6.92 Å². The summed E-state index contributed by atoms with van der Waals surface area (Å²) in [6.07, 6.45) is 2.65. The van der Waals surface area contributed by atoms with Crippen molar-refractivity contribution in [2.24, 2.45) is 0 Å². The van der Waals surface area contributed by atoms with Crippen molar-refractivity contribution >= 4 is 15.9 Å². The molecule has 1 aromatic carbocycles. The van der Waals surface area contributed by atoms with Gasteiger partial charge >= 0.3 is 0 Å². The molecule has 1 N–H and O–H groups in total. The van der Waals surface area contributed by atoms with Crippen molar-refractivity contribution in [3.8, 4) is 0 Å². The summed E-state index contributed by atoms with van der Waals surface area (Å²) in [7, 11) is 0. The fourth-order valence-electron chi connectivity index (χ4n) is 2.55. The first-order valence-corrected chi connectivity index (χ1v) is 7.69. The van der Waals surface area contributed by atoms with E-state index in [9.17, 15) is 0 Å². The van der Waals surface area contributed by atoms with Crippen molar-refractivity contribution in [2.45, 2.75) is 39.3 Å². The molecule has 3 heteroatoms. The van der Waals surface area contributed by atoms with Crippen molar-refractivity contribution in [3.63, 3.8) is 0 Å². The predicted octanol–water partition coefficient (Wildman–Crippen LogP) is 3.33. The van der Waals surface area contributed by atoms with E-state index in [-0.39, 0.29) is 0 Å². The van der Waals surface area contributed by atoms with E-state index >= 15 is 0 Å². The van der Waals surface area contributed by atoms with Crippen LogP contribution in [-0.2, 0) is 6.54 Å². The first kappa shape index (κ1) is 14.0. The summed E-state index contributed by atoms with van der Waals surface area (Å²) < 4.78 is 1.24. The maximum Gasteiger partial charge on any atom is 0.0245 e. The number of halogens is 1. The standard InChI is InChI=1S/C15H23BrN2/c1-3-18(11-14-5-4-8-17-14)10-13-7-6-12(2)9-15(13)16/h6-7,9,14,17H,3-5,8,10-11H2,1-2H3. The van der Waals surface area contributed by atoms with Gasteiger partial charge in [0.1, 0.15) is 0 Å². The Morgan fingerprint density at radius 3 is 2.89 bits per heavy atom. The van der Waals surface area contributed by atoms with E-state index in [1.165, 1.54) is 35.0 Å². The number of aryl methyl sites for hydroxylation is 1. The van der Waals surface area contributed by atoms with Crippen LogP contribution in [0.15, 0.2) is 22.7 Å². The molecule has 0 radical (unpaired) electrons. The molecular weight excluding hydrogens is 288 g/mol. The average molecular weight is 311 g/mol. The number of hydrogen-bond donors (Lipinski definition) is 1. The van der Waals surface area contributed by atoms with Gasteiger partial charge in [-0.1, -0.05) is 35.0 Å². The Balaban J connectivity index is 1.96. The lowest BCUT2D eigenvalue weighted by Crippen LogP contribution is -2.37. The first-order chi connectivity index (χ1) is 8.69. The van der Waals surface area contributed by atoms with Crippen LogP contribution in [0.2, 0.25) is 0 Å². The van der Waals surface area contributed by atoms with Gasteiger partial charge in [0.05, 0.1) is 0 Å². The predicted molar refractivity (Wildman–Crippen MR) is 80.9 cm³/mol. The molecule has 1 aromatic rings. The highest BCUT2D eigenvalue weighted by atomic mass is 79.9. The Kier molecular flexibility index (Phi) is 5.22. The van der Waals surface area contributed by atoms with E-state index < -0.39 is 0 Å². The first-order valence-electron chi connectivity index (χ1n) is 6.90. The van der Waals surface area contributed by atoms with Crippen LogP contribution in [0.25, 0.3) is 0 Å². The fourth-order valence-corrected chi connectivity index (χ4v) is 3.17. The highest BCUT2D eigenvalue weighted by molar-refractivity contribution is 9.10. The molecule has 0 bridgehead atoms. The molecule has 1 fully saturated rings. The summed E-state index contributed by atoms with van der Waals surface area (Å²) >= 11 is 3.68. The molecule has 2 rings (SSSR count). The van der Waals surface area contributed by atoms with E-state index in [1.807, 2.05) is 0 Å². The molecule has 0 spiro atoms. The van der Waals surface area contributed by atoms with Gasteiger partial charge in [-0.25, -0.2) is 0 Å². The van der Waals surface area contributed by atoms with Gasteiger partial charge in [-0.15, -0.1) is 0 Å². The second kappa shape index (κ2) is 6.69. The largest absolute Gasteiger partial charge is 0.313 e. The van der Waals surface area contributed by atoms with E-state index in [2.05, 4.69) is 58.2 Å². The lowest BCUT2D eigenvalue weighted by atomic mass is 10.1. The molecule has 1 saturated heterocycles. The minimum Gasteiger partial charge on any atom is -0.313 e. The van der Waals surface area contributed by atoms with E-state index in [0.29, 0.717) is 6.04 Å². The Labute approximate surface area is 119 Å². The normalized spacial score (nSPS) is 19.7. The summed E-state index contributed by atoms with van der Waals surface area (Å²) in [5.74, 6) is 0. The third-order valence-electron chi connectivity index (χ3n) is 3.69. The van der Waals surface area contributed by atoms with Crippen LogP contribution in [0.3, 0.4) is 0 Å². The summed E-state index contributed by atoms with van der Waals surface area (Å²) in [6.45, 7) is 8.88. The number of nitrogens with zero attached hydrogens (tertiary/aromatic N) is 1. The van der Waals surface area contributed by atoms with Crippen molar-refractivity contribution in [3.05, 3.63) is 33.8 Å². The third kappa shape index (κ3) is 3.81. The fraction of sp³-hybridized carbons (Fsp3) is 0.600. The van der Waals surface area contributed by atoms with Gasteiger partial charge in [-0.05, 0) is 50.0 Å². The molecule has 1 aliphatic rings. The number of likely N-dealkylation sites (N-methyl/N-ethyl adjacent to an activating group) is 1. The molecule has 0 aliphatic carbocycles. The second-order valence-electron chi connectivity index (χ2n) is 5.22. The van der Waals surface area contributed by atoms with Crippen molar-refractivity contribution < 1.29 is 0 Å². The summed E-state index contributed by atoms with van der Waals surface area (Å²) in [5, 5.41) is 3.58. The topological polar surface area (TPSA) is 15.3 Å². The molecule has 18 heavy (non-hydrogen) atoms. The molecule has 0 amide bonds. The Morgan fingerprint density at radius 1 is 1.44 bits per heavy atom. The maximum atomic E-state index is 3.68. The van der Waals surface area contributed by atoms with Crippen LogP contribution in [-0.4, -0.2) is 30.6 Å². The van der Waals surface area contributed by atoms with E-state index in [4.69, 9.17) is 0 Å². The maximum absolute atomic E-state index is 3.68.